The first-order valence-corrected chi connectivity index (χ1v) is 11.6. The number of carbonyl (C=O) groups excluding carboxylic acids is 2. The molecule has 0 bridgehead atoms. The second-order valence-electron chi connectivity index (χ2n) is 7.57. The first-order valence-electron chi connectivity index (χ1n) is 9.95. The lowest BCUT2D eigenvalue weighted by molar-refractivity contribution is -0.122. The number of hydrogen-bond acceptors (Lipinski definition) is 5. The van der Waals surface area contributed by atoms with Crippen molar-refractivity contribution in [3.05, 3.63) is 59.5 Å². The third-order valence-corrected chi connectivity index (χ3v) is 8.08. The van der Waals surface area contributed by atoms with Gasteiger partial charge in [0.15, 0.2) is 0 Å². The summed E-state index contributed by atoms with van der Waals surface area (Å²) in [5.41, 5.74) is 7.29. The molecule has 7 heteroatoms. The van der Waals surface area contributed by atoms with Crippen LogP contribution in [0.5, 0.6) is 0 Å². The lowest BCUT2D eigenvalue weighted by atomic mass is 9.96. The average molecular weight is 436 g/mol. The maximum Gasteiger partial charge on any atom is 0.265 e. The van der Waals surface area contributed by atoms with E-state index < -0.39 is 0 Å². The molecule has 5 nitrogen and oxygen atoms in total. The Hall–Kier alpha value is -2.90. The molecule has 0 radical (unpaired) electrons. The van der Waals surface area contributed by atoms with Crippen molar-refractivity contribution in [2.24, 2.45) is 11.7 Å². The zero-order valence-electron chi connectivity index (χ0n) is 16.3. The number of anilines is 2. The number of nitrogens with zero attached hydrogens (tertiary/aromatic N) is 1. The van der Waals surface area contributed by atoms with Gasteiger partial charge in [-0.2, -0.15) is 0 Å². The van der Waals surface area contributed by atoms with Crippen molar-refractivity contribution in [3.63, 3.8) is 0 Å². The normalized spacial score (nSPS) is 15.0. The standard InChI is InChI=1S/C23H21N3O2S2/c24-22(27)14-9-11-26(12-10-14)16-7-5-15(6-8-16)25-23(28)20-13-19-21(30-20)17-3-1-2-4-18(17)29-19/h1-8,13-14H,9-12H2,(H2,24,27)(H,25,28). The summed E-state index contributed by atoms with van der Waals surface area (Å²) < 4.78 is 3.58. The van der Waals surface area contributed by atoms with Gasteiger partial charge in [0.25, 0.3) is 5.91 Å². The highest BCUT2D eigenvalue weighted by molar-refractivity contribution is 7.33. The number of hydrogen-bond donors (Lipinski definition) is 2. The highest BCUT2D eigenvalue weighted by Gasteiger charge is 2.23. The number of primary amides is 1. The minimum atomic E-state index is -0.200. The summed E-state index contributed by atoms with van der Waals surface area (Å²) in [5, 5.41) is 4.22. The van der Waals surface area contributed by atoms with Crippen LogP contribution >= 0.6 is 22.7 Å². The molecule has 4 aromatic rings. The maximum absolute atomic E-state index is 12.8. The molecular formula is C23H21N3O2S2. The van der Waals surface area contributed by atoms with Gasteiger partial charge in [0, 0.05) is 45.2 Å². The predicted octanol–water partition coefficient (Wildman–Crippen LogP) is 5.07. The van der Waals surface area contributed by atoms with Crippen LogP contribution < -0.4 is 16.0 Å². The van der Waals surface area contributed by atoms with Gasteiger partial charge < -0.3 is 16.0 Å². The fraction of sp³-hybridized carbons (Fsp3) is 0.217. The summed E-state index contributed by atoms with van der Waals surface area (Å²) in [6, 6.07) is 18.2. The predicted molar refractivity (Wildman–Crippen MR) is 126 cm³/mol. The third-order valence-electron chi connectivity index (χ3n) is 5.66. The smallest absolute Gasteiger partial charge is 0.265 e. The quantitative estimate of drug-likeness (QED) is 0.470. The fourth-order valence-electron chi connectivity index (χ4n) is 3.98. The van der Waals surface area contributed by atoms with Crippen molar-refractivity contribution >= 4 is 65.3 Å². The van der Waals surface area contributed by atoms with E-state index in [0.717, 1.165) is 46.9 Å². The van der Waals surface area contributed by atoms with Gasteiger partial charge in [-0.1, -0.05) is 18.2 Å². The summed E-state index contributed by atoms with van der Waals surface area (Å²) in [6.07, 6.45) is 1.58. The number of nitrogens with two attached hydrogens (primary N) is 1. The first kappa shape index (κ1) is 19.1. The molecule has 2 aromatic heterocycles. The number of amides is 2. The largest absolute Gasteiger partial charge is 0.371 e. The molecule has 1 aliphatic heterocycles. The van der Waals surface area contributed by atoms with Crippen LogP contribution in [0, 0.1) is 5.92 Å². The van der Waals surface area contributed by atoms with E-state index in [-0.39, 0.29) is 17.7 Å². The van der Waals surface area contributed by atoms with Crippen molar-refractivity contribution in [3.8, 4) is 0 Å². The average Bonchev–Trinajstić information content (AvgIpc) is 3.33. The van der Waals surface area contributed by atoms with Gasteiger partial charge in [-0.25, -0.2) is 0 Å². The molecule has 0 aliphatic carbocycles. The highest BCUT2D eigenvalue weighted by Crippen LogP contribution is 2.39. The van der Waals surface area contributed by atoms with E-state index in [1.54, 1.807) is 22.7 Å². The molecule has 0 atom stereocenters. The Balaban J connectivity index is 1.27. The van der Waals surface area contributed by atoms with E-state index in [9.17, 15) is 9.59 Å². The number of fused-ring (bicyclic) bond motifs is 3. The van der Waals surface area contributed by atoms with E-state index in [4.69, 9.17) is 5.73 Å². The van der Waals surface area contributed by atoms with E-state index >= 15 is 0 Å². The number of carbonyl (C=O) groups is 2. The van der Waals surface area contributed by atoms with E-state index in [1.165, 1.54) is 14.8 Å². The summed E-state index contributed by atoms with van der Waals surface area (Å²) in [6.45, 7) is 1.64. The van der Waals surface area contributed by atoms with Crippen molar-refractivity contribution < 1.29 is 9.59 Å². The van der Waals surface area contributed by atoms with Crippen LogP contribution in [0.4, 0.5) is 11.4 Å². The Morgan fingerprint density at radius 2 is 1.70 bits per heavy atom. The Morgan fingerprint density at radius 1 is 0.967 bits per heavy atom. The van der Waals surface area contributed by atoms with E-state index in [0.29, 0.717) is 0 Å². The van der Waals surface area contributed by atoms with Crippen LogP contribution in [0.3, 0.4) is 0 Å². The number of thiophene rings is 2. The second-order valence-corrected chi connectivity index (χ2v) is 9.70. The first-order chi connectivity index (χ1) is 14.6. The van der Waals surface area contributed by atoms with Gasteiger partial charge in [0.1, 0.15) is 0 Å². The lowest BCUT2D eigenvalue weighted by Gasteiger charge is -2.32. The monoisotopic (exact) mass is 435 g/mol. The molecular weight excluding hydrogens is 414 g/mol. The fourth-order valence-corrected chi connectivity index (χ4v) is 6.40. The number of nitrogens with one attached hydrogen (secondary N) is 1. The van der Waals surface area contributed by atoms with Gasteiger partial charge in [0.05, 0.1) is 9.58 Å². The molecule has 5 rings (SSSR count). The summed E-state index contributed by atoms with van der Waals surface area (Å²) >= 11 is 3.26. The summed E-state index contributed by atoms with van der Waals surface area (Å²) in [7, 11) is 0. The molecule has 1 saturated heterocycles. The van der Waals surface area contributed by atoms with Gasteiger partial charge in [0.2, 0.25) is 5.91 Å². The Labute approximate surface area is 182 Å². The molecule has 0 spiro atoms. The summed E-state index contributed by atoms with van der Waals surface area (Å²) in [4.78, 5) is 27.1. The number of benzene rings is 2. The minimum Gasteiger partial charge on any atom is -0.371 e. The molecule has 1 aliphatic rings. The lowest BCUT2D eigenvalue weighted by Crippen LogP contribution is -2.38. The summed E-state index contributed by atoms with van der Waals surface area (Å²) in [5.74, 6) is -0.297. The molecule has 3 heterocycles. The van der Waals surface area contributed by atoms with Crippen LogP contribution in [0.25, 0.3) is 19.5 Å². The van der Waals surface area contributed by atoms with Crippen molar-refractivity contribution in [2.75, 3.05) is 23.3 Å². The van der Waals surface area contributed by atoms with Crippen molar-refractivity contribution in [1.82, 2.24) is 0 Å². The zero-order chi connectivity index (χ0) is 20.7. The number of rotatable bonds is 4. The molecule has 30 heavy (non-hydrogen) atoms. The number of piperidine rings is 1. The maximum atomic E-state index is 12.8. The molecule has 0 unspecified atom stereocenters. The van der Waals surface area contributed by atoms with Gasteiger partial charge in [-0.05, 0) is 49.2 Å². The van der Waals surface area contributed by atoms with Crippen LogP contribution in [0.15, 0.2) is 54.6 Å². The third kappa shape index (κ3) is 3.55. The van der Waals surface area contributed by atoms with E-state index in [1.807, 2.05) is 42.5 Å². The van der Waals surface area contributed by atoms with Crippen molar-refractivity contribution in [2.45, 2.75) is 12.8 Å². The Morgan fingerprint density at radius 3 is 2.43 bits per heavy atom. The molecule has 0 saturated carbocycles. The minimum absolute atomic E-state index is 0.0163. The van der Waals surface area contributed by atoms with Gasteiger partial charge >= 0.3 is 0 Å². The van der Waals surface area contributed by atoms with Crippen LogP contribution in [0.1, 0.15) is 22.5 Å². The van der Waals surface area contributed by atoms with Gasteiger partial charge in [-0.15, -0.1) is 22.7 Å². The Kier molecular flexibility index (Phi) is 4.92. The van der Waals surface area contributed by atoms with E-state index in [2.05, 4.69) is 22.3 Å². The SMILES string of the molecule is NC(=O)C1CCN(c2ccc(NC(=O)c3cc4sc5ccccc5c4s3)cc2)CC1. The van der Waals surface area contributed by atoms with Crippen LogP contribution in [-0.2, 0) is 4.79 Å². The molecule has 1 fully saturated rings. The zero-order valence-corrected chi connectivity index (χ0v) is 17.9. The molecule has 2 amide bonds. The molecule has 152 valence electrons. The molecule has 3 N–H and O–H groups in total. The highest BCUT2D eigenvalue weighted by atomic mass is 32.1. The van der Waals surface area contributed by atoms with Gasteiger partial charge in [-0.3, -0.25) is 9.59 Å². The van der Waals surface area contributed by atoms with Crippen LogP contribution in [-0.4, -0.2) is 24.9 Å². The Bertz CT molecular complexity index is 1230. The van der Waals surface area contributed by atoms with Crippen LogP contribution in [0.2, 0.25) is 0 Å². The van der Waals surface area contributed by atoms with Crippen molar-refractivity contribution in [1.29, 1.82) is 0 Å². The topological polar surface area (TPSA) is 75.4 Å². The second kappa shape index (κ2) is 7.74. The molecule has 2 aromatic carbocycles.